The van der Waals surface area contributed by atoms with Crippen molar-refractivity contribution >= 4 is 51.0 Å². The van der Waals surface area contributed by atoms with Gasteiger partial charge >= 0.3 is 0 Å². The summed E-state index contributed by atoms with van der Waals surface area (Å²) in [5, 5.41) is 12.5. The van der Waals surface area contributed by atoms with Gasteiger partial charge in [0, 0.05) is 36.2 Å². The maximum atomic E-state index is 12.7. The number of benzene rings is 2. The molecule has 0 saturated heterocycles. The van der Waals surface area contributed by atoms with E-state index in [2.05, 4.69) is 31.4 Å². The molecule has 0 aliphatic heterocycles. The quantitative estimate of drug-likeness (QED) is 0.332. The smallest absolute Gasteiger partial charge is 0.216 e. The number of nitrogens with zero attached hydrogens (tertiary/aromatic N) is 3. The number of rotatable bonds is 9. The molecule has 0 aliphatic rings. The molecule has 0 atom stereocenters. The normalized spacial score (nSPS) is 10.7. The molecule has 1 aromatic heterocycles. The van der Waals surface area contributed by atoms with Crippen molar-refractivity contribution in [3.63, 3.8) is 0 Å². The number of aromatic nitrogens is 3. The largest absolute Gasteiger partial charge is 0.496 e. The van der Waals surface area contributed by atoms with Crippen molar-refractivity contribution in [2.24, 2.45) is 0 Å². The summed E-state index contributed by atoms with van der Waals surface area (Å²) in [6.07, 6.45) is 0.495. The molecule has 0 bridgehead atoms. The van der Waals surface area contributed by atoms with Crippen molar-refractivity contribution in [1.29, 1.82) is 0 Å². The van der Waals surface area contributed by atoms with E-state index >= 15 is 0 Å². The van der Waals surface area contributed by atoms with Crippen LogP contribution in [-0.4, -0.2) is 45.9 Å². The number of hydrogen-bond acceptors (Lipinski definition) is 6. The molecule has 1 amide bonds. The number of hydrogen-bond donors (Lipinski definition) is 1. The molecule has 31 heavy (non-hydrogen) atoms. The molecule has 0 fully saturated rings. The second-order valence-corrected chi connectivity index (χ2v) is 8.74. The molecule has 7 nitrogen and oxygen atoms in total. The van der Waals surface area contributed by atoms with Crippen LogP contribution in [-0.2, 0) is 11.2 Å². The fraction of sp³-hybridized carbons (Fsp3) is 0.238. The average molecular weight is 524 g/mol. The van der Waals surface area contributed by atoms with Gasteiger partial charge in [-0.3, -0.25) is 14.2 Å². The van der Waals surface area contributed by atoms with Crippen LogP contribution < -0.4 is 10.1 Å². The summed E-state index contributed by atoms with van der Waals surface area (Å²) < 4.78 is 7.80. The topological polar surface area (TPSA) is 86.1 Å². The van der Waals surface area contributed by atoms with Crippen LogP contribution in [0.15, 0.2) is 52.1 Å². The van der Waals surface area contributed by atoms with E-state index in [9.17, 15) is 9.59 Å². The first-order valence-electron chi connectivity index (χ1n) is 9.33. The zero-order chi connectivity index (χ0) is 22.4. The van der Waals surface area contributed by atoms with Gasteiger partial charge in [-0.05, 0) is 58.4 Å². The summed E-state index contributed by atoms with van der Waals surface area (Å²) in [5.41, 5.74) is 1.40. The number of ketones is 1. The standard InChI is InChI=1S/C21H20BrClN4O3S/c1-13(28)24-10-9-20-25-26-21(27(20)16-6-4-15(23)5-7-16)31-12-18(29)14-3-8-19(30-2)17(22)11-14/h3-8,11H,9-10,12H2,1-2H3,(H,24,28). The number of amides is 1. The molecule has 1 heterocycles. The molecule has 0 unspecified atom stereocenters. The predicted molar refractivity (Wildman–Crippen MR) is 125 cm³/mol. The molecule has 1 N–H and O–H groups in total. The summed E-state index contributed by atoms with van der Waals surface area (Å²) in [6, 6.07) is 12.5. The van der Waals surface area contributed by atoms with Gasteiger partial charge in [-0.2, -0.15) is 0 Å². The first kappa shape index (κ1) is 23.3. The third kappa shape index (κ3) is 6.09. The Labute approximate surface area is 197 Å². The van der Waals surface area contributed by atoms with Gasteiger partial charge in [0.2, 0.25) is 5.91 Å². The lowest BCUT2D eigenvalue weighted by Crippen LogP contribution is -2.23. The van der Waals surface area contributed by atoms with Gasteiger partial charge in [-0.25, -0.2) is 0 Å². The minimum atomic E-state index is -0.108. The van der Waals surface area contributed by atoms with E-state index in [1.54, 1.807) is 37.4 Å². The Balaban J connectivity index is 1.80. The molecule has 3 aromatic rings. The van der Waals surface area contributed by atoms with Crippen molar-refractivity contribution in [3.8, 4) is 11.4 Å². The second kappa shape index (κ2) is 10.8. The van der Waals surface area contributed by atoms with Gasteiger partial charge in [-0.15, -0.1) is 10.2 Å². The molecule has 0 saturated carbocycles. The minimum Gasteiger partial charge on any atom is -0.496 e. The highest BCUT2D eigenvalue weighted by molar-refractivity contribution is 9.10. The summed E-state index contributed by atoms with van der Waals surface area (Å²) >= 11 is 10.7. The minimum absolute atomic E-state index is 0.0428. The first-order valence-corrected chi connectivity index (χ1v) is 11.5. The number of carbonyl (C=O) groups excluding carboxylic acids is 2. The molecule has 0 aliphatic carbocycles. The highest BCUT2D eigenvalue weighted by atomic mass is 79.9. The second-order valence-electron chi connectivity index (χ2n) is 6.50. The molecule has 0 radical (unpaired) electrons. The van der Waals surface area contributed by atoms with Crippen LogP contribution in [0.3, 0.4) is 0 Å². The van der Waals surface area contributed by atoms with Crippen LogP contribution in [0.1, 0.15) is 23.1 Å². The Morgan fingerprint density at radius 2 is 1.94 bits per heavy atom. The van der Waals surface area contributed by atoms with Gasteiger partial charge in [0.05, 0.1) is 17.3 Å². The molecule has 2 aromatic carbocycles. The molecule has 3 rings (SSSR count). The van der Waals surface area contributed by atoms with Crippen molar-refractivity contribution in [2.75, 3.05) is 19.4 Å². The predicted octanol–water partition coefficient (Wildman–Crippen LogP) is 4.35. The fourth-order valence-corrected chi connectivity index (χ4v) is 4.34. The number of methoxy groups -OCH3 is 1. The van der Waals surface area contributed by atoms with Gasteiger partial charge in [-0.1, -0.05) is 23.4 Å². The lowest BCUT2D eigenvalue weighted by Gasteiger charge is -2.11. The zero-order valence-corrected chi connectivity index (χ0v) is 20.1. The van der Waals surface area contributed by atoms with Crippen molar-refractivity contribution in [2.45, 2.75) is 18.5 Å². The molecule has 10 heteroatoms. The molecule has 162 valence electrons. The lowest BCUT2D eigenvalue weighted by atomic mass is 10.1. The molecular formula is C21H20BrClN4O3S. The van der Waals surface area contributed by atoms with Crippen LogP contribution >= 0.6 is 39.3 Å². The maximum absolute atomic E-state index is 12.7. The average Bonchev–Trinajstić information content (AvgIpc) is 3.15. The van der Waals surface area contributed by atoms with Gasteiger partial charge in [0.15, 0.2) is 10.9 Å². The number of halogens is 2. The number of thioether (sulfide) groups is 1. The van der Waals surface area contributed by atoms with Gasteiger partial charge < -0.3 is 10.1 Å². The summed E-state index contributed by atoms with van der Waals surface area (Å²) in [4.78, 5) is 23.9. The van der Waals surface area contributed by atoms with Crippen LogP contribution in [0.5, 0.6) is 5.75 Å². The van der Waals surface area contributed by atoms with Gasteiger partial charge in [0.25, 0.3) is 0 Å². The summed E-state index contributed by atoms with van der Waals surface area (Å²) in [6.45, 7) is 1.90. The monoisotopic (exact) mass is 522 g/mol. The zero-order valence-electron chi connectivity index (χ0n) is 16.9. The highest BCUT2D eigenvalue weighted by Crippen LogP contribution is 2.28. The number of Topliss-reactive ketones (excluding diaryl/α,β-unsaturated/α-hetero) is 1. The van der Waals surface area contributed by atoms with E-state index in [4.69, 9.17) is 16.3 Å². The SMILES string of the molecule is COc1ccc(C(=O)CSc2nnc(CCNC(C)=O)n2-c2ccc(Cl)cc2)cc1Br. The van der Waals surface area contributed by atoms with Crippen molar-refractivity contribution in [3.05, 3.63) is 63.3 Å². The van der Waals surface area contributed by atoms with E-state index in [0.29, 0.717) is 40.3 Å². The third-order valence-corrected chi connectivity index (χ3v) is 6.11. The van der Waals surface area contributed by atoms with E-state index in [1.807, 2.05) is 16.7 Å². The molecular weight excluding hydrogens is 504 g/mol. The van der Waals surface area contributed by atoms with E-state index in [-0.39, 0.29) is 17.4 Å². The summed E-state index contributed by atoms with van der Waals surface area (Å²) in [7, 11) is 1.57. The summed E-state index contributed by atoms with van der Waals surface area (Å²) in [5.74, 6) is 1.38. The maximum Gasteiger partial charge on any atom is 0.216 e. The van der Waals surface area contributed by atoms with E-state index in [1.165, 1.54) is 18.7 Å². The number of ether oxygens (including phenoxy) is 1. The first-order chi connectivity index (χ1) is 14.9. The van der Waals surface area contributed by atoms with Gasteiger partial charge in [0.1, 0.15) is 11.6 Å². The van der Waals surface area contributed by atoms with Crippen LogP contribution in [0.2, 0.25) is 5.02 Å². The lowest BCUT2D eigenvalue weighted by molar-refractivity contribution is -0.118. The Morgan fingerprint density at radius 3 is 2.58 bits per heavy atom. The molecule has 0 spiro atoms. The van der Waals surface area contributed by atoms with E-state index in [0.717, 1.165) is 10.2 Å². The van der Waals surface area contributed by atoms with Crippen LogP contribution in [0, 0.1) is 0 Å². The third-order valence-electron chi connectivity index (χ3n) is 4.31. The number of nitrogens with one attached hydrogen (secondary N) is 1. The number of carbonyl (C=O) groups is 2. The Morgan fingerprint density at radius 1 is 1.19 bits per heavy atom. The van der Waals surface area contributed by atoms with Crippen molar-refractivity contribution in [1.82, 2.24) is 20.1 Å². The fourth-order valence-electron chi connectivity index (χ4n) is 2.81. The Hall–Kier alpha value is -2.36. The van der Waals surface area contributed by atoms with E-state index < -0.39 is 0 Å². The highest BCUT2D eigenvalue weighted by Gasteiger charge is 2.17. The van der Waals surface area contributed by atoms with Crippen LogP contribution in [0.25, 0.3) is 5.69 Å². The Bertz CT molecular complexity index is 1090. The Kier molecular flexibility index (Phi) is 8.11. The van der Waals surface area contributed by atoms with Crippen molar-refractivity contribution < 1.29 is 14.3 Å². The van der Waals surface area contributed by atoms with Crippen LogP contribution in [0.4, 0.5) is 0 Å².